The zero-order chi connectivity index (χ0) is 22.2. The maximum absolute atomic E-state index is 13.6. The average molecular weight is 454 g/mol. The number of piperazine rings is 1. The topological polar surface area (TPSA) is 58.8 Å². The minimum absolute atomic E-state index is 0.0371. The van der Waals surface area contributed by atoms with Crippen LogP contribution in [0.25, 0.3) is 10.8 Å². The van der Waals surface area contributed by atoms with E-state index in [0.717, 1.165) is 49.8 Å². The van der Waals surface area contributed by atoms with E-state index in [-0.39, 0.29) is 17.8 Å². The summed E-state index contributed by atoms with van der Waals surface area (Å²) in [6.45, 7) is 6.73. The third-order valence-electron chi connectivity index (χ3n) is 6.67. The van der Waals surface area contributed by atoms with E-state index < -0.39 is 0 Å². The zero-order valence-corrected chi connectivity index (χ0v) is 19.0. The molecule has 0 bridgehead atoms. The summed E-state index contributed by atoms with van der Waals surface area (Å²) in [7, 11) is 0. The molecule has 1 unspecified atom stereocenters. The summed E-state index contributed by atoms with van der Waals surface area (Å²) in [5, 5.41) is 2.04. The van der Waals surface area contributed by atoms with Gasteiger partial charge in [-0.2, -0.15) is 0 Å². The van der Waals surface area contributed by atoms with Gasteiger partial charge in [0.15, 0.2) is 0 Å². The van der Waals surface area contributed by atoms with E-state index in [9.17, 15) is 9.18 Å². The van der Waals surface area contributed by atoms with Crippen LogP contribution in [0, 0.1) is 5.82 Å². The van der Waals surface area contributed by atoms with Gasteiger partial charge in [-0.1, -0.05) is 12.1 Å². The van der Waals surface area contributed by atoms with Crippen molar-refractivity contribution >= 4 is 33.7 Å². The molecule has 3 aromatic rings. The van der Waals surface area contributed by atoms with E-state index in [1.54, 1.807) is 6.07 Å². The third-order valence-corrected chi connectivity index (χ3v) is 7.96. The lowest BCUT2D eigenvalue weighted by Gasteiger charge is -2.42. The van der Waals surface area contributed by atoms with Crippen molar-refractivity contribution in [2.75, 3.05) is 37.7 Å². The van der Waals surface area contributed by atoms with Gasteiger partial charge in [-0.25, -0.2) is 4.39 Å². The van der Waals surface area contributed by atoms with Crippen molar-refractivity contribution in [1.29, 1.82) is 0 Å². The van der Waals surface area contributed by atoms with E-state index >= 15 is 0 Å². The number of anilines is 1. The van der Waals surface area contributed by atoms with Crippen LogP contribution in [0.15, 0.2) is 42.5 Å². The number of benzene rings is 2. The smallest absolute Gasteiger partial charge is 0.258 e. The molecule has 5 rings (SSSR count). The monoisotopic (exact) mass is 453 g/mol. The number of primary amides is 1. The summed E-state index contributed by atoms with van der Waals surface area (Å²) < 4.78 is 19.7. The van der Waals surface area contributed by atoms with Crippen molar-refractivity contribution < 1.29 is 13.9 Å². The summed E-state index contributed by atoms with van der Waals surface area (Å²) in [5.74, 6) is -0.557. The zero-order valence-electron chi connectivity index (χ0n) is 18.2. The van der Waals surface area contributed by atoms with E-state index in [0.29, 0.717) is 17.5 Å². The first-order chi connectivity index (χ1) is 15.5. The van der Waals surface area contributed by atoms with Crippen LogP contribution < -0.4 is 10.6 Å². The van der Waals surface area contributed by atoms with E-state index in [2.05, 4.69) is 22.8 Å². The van der Waals surface area contributed by atoms with Crippen LogP contribution in [0.4, 0.5) is 10.1 Å². The first kappa shape index (κ1) is 21.4. The molecule has 2 aliphatic heterocycles. The molecular formula is C25H28FN3O2S. The quantitative estimate of drug-likeness (QED) is 0.624. The fraction of sp³-hybridized carbons (Fsp3) is 0.400. The molecular weight excluding hydrogens is 425 g/mol. The van der Waals surface area contributed by atoms with Crippen molar-refractivity contribution in [3.8, 4) is 0 Å². The van der Waals surface area contributed by atoms with Gasteiger partial charge in [0.1, 0.15) is 5.82 Å². The number of hydrogen-bond acceptors (Lipinski definition) is 5. The number of carbonyl (C=O) groups excluding carboxylic acids is 1. The van der Waals surface area contributed by atoms with Crippen molar-refractivity contribution in [2.45, 2.75) is 31.9 Å². The molecule has 1 amide bonds. The Bertz CT molecular complexity index is 1150. The molecule has 2 aliphatic rings. The van der Waals surface area contributed by atoms with E-state index in [1.165, 1.54) is 33.5 Å². The molecule has 168 valence electrons. The van der Waals surface area contributed by atoms with Crippen LogP contribution in [0.2, 0.25) is 0 Å². The molecule has 1 saturated heterocycles. The first-order valence-electron chi connectivity index (χ1n) is 11.2. The summed E-state index contributed by atoms with van der Waals surface area (Å²) in [6, 6.07) is 13.5. The summed E-state index contributed by atoms with van der Waals surface area (Å²) in [6.07, 6.45) is 1.79. The standard InChI is InChI=1S/C25H28FN3O2S/c1-16-15-29(21-4-2-3-17-13-19(26)5-6-20(17)21)11-10-28(16)9-7-22-24-18(8-12-31-22)14-23(32-24)25(27)30/h2-6,13-14,16,22H,7-12,15H2,1H3,(H2,27,30)/t16-,22?/m0/s1. The van der Waals surface area contributed by atoms with Gasteiger partial charge >= 0.3 is 0 Å². The molecule has 7 heteroatoms. The highest BCUT2D eigenvalue weighted by molar-refractivity contribution is 7.14. The van der Waals surface area contributed by atoms with Gasteiger partial charge in [0, 0.05) is 48.2 Å². The van der Waals surface area contributed by atoms with Crippen molar-refractivity contribution in [1.82, 2.24) is 4.90 Å². The van der Waals surface area contributed by atoms with Crippen LogP contribution in [0.3, 0.4) is 0 Å². The van der Waals surface area contributed by atoms with Crippen molar-refractivity contribution in [3.05, 3.63) is 63.6 Å². The van der Waals surface area contributed by atoms with E-state index in [4.69, 9.17) is 10.5 Å². The van der Waals surface area contributed by atoms with Crippen LogP contribution in [-0.2, 0) is 11.2 Å². The average Bonchev–Trinajstić information content (AvgIpc) is 3.23. The van der Waals surface area contributed by atoms with Crippen LogP contribution in [0.1, 0.15) is 39.6 Å². The highest BCUT2D eigenvalue weighted by atomic mass is 32.1. The first-order valence-corrected chi connectivity index (χ1v) is 12.0. The summed E-state index contributed by atoms with van der Waals surface area (Å²) >= 11 is 1.49. The Kier molecular flexibility index (Phi) is 5.88. The number of thiophene rings is 1. The Balaban J connectivity index is 1.24. The van der Waals surface area contributed by atoms with Gasteiger partial charge in [0.2, 0.25) is 0 Å². The number of hydrogen-bond donors (Lipinski definition) is 1. The molecule has 2 aromatic carbocycles. The van der Waals surface area contributed by atoms with Gasteiger partial charge in [0.05, 0.1) is 17.6 Å². The Labute approximate surface area is 191 Å². The fourth-order valence-electron chi connectivity index (χ4n) is 4.98. The van der Waals surface area contributed by atoms with Crippen LogP contribution >= 0.6 is 11.3 Å². The Morgan fingerprint density at radius 2 is 2.12 bits per heavy atom. The molecule has 1 fully saturated rings. The maximum atomic E-state index is 13.6. The van der Waals surface area contributed by atoms with Crippen molar-refractivity contribution in [2.24, 2.45) is 5.73 Å². The Hall–Kier alpha value is -2.48. The number of amides is 1. The molecule has 2 atom stereocenters. The number of nitrogens with two attached hydrogens (primary N) is 1. The van der Waals surface area contributed by atoms with E-state index in [1.807, 2.05) is 24.3 Å². The van der Waals surface area contributed by atoms with Crippen LogP contribution in [-0.4, -0.2) is 49.6 Å². The molecule has 0 radical (unpaired) electrons. The maximum Gasteiger partial charge on any atom is 0.258 e. The normalized spacial score (nSPS) is 21.6. The number of ether oxygens (including phenoxy) is 1. The lowest BCUT2D eigenvalue weighted by Crippen LogP contribution is -2.52. The number of carbonyl (C=O) groups is 1. The molecule has 5 nitrogen and oxygen atoms in total. The molecule has 0 saturated carbocycles. The lowest BCUT2D eigenvalue weighted by molar-refractivity contribution is 0.0283. The van der Waals surface area contributed by atoms with Gasteiger partial charge in [-0.3, -0.25) is 9.69 Å². The summed E-state index contributed by atoms with van der Waals surface area (Å²) in [5.41, 5.74) is 7.87. The predicted octanol–water partition coefficient (Wildman–Crippen LogP) is 4.35. The second-order valence-corrected chi connectivity index (χ2v) is 9.82. The molecule has 3 heterocycles. The number of fused-ring (bicyclic) bond motifs is 2. The van der Waals surface area contributed by atoms with Gasteiger partial charge < -0.3 is 15.4 Å². The molecule has 32 heavy (non-hydrogen) atoms. The number of nitrogens with zero attached hydrogens (tertiary/aromatic N) is 2. The van der Waals surface area contributed by atoms with Gasteiger partial charge in [-0.05, 0) is 61.0 Å². The second-order valence-electron chi connectivity index (χ2n) is 8.74. The van der Waals surface area contributed by atoms with Gasteiger partial charge in [-0.15, -0.1) is 11.3 Å². The number of halogens is 1. The SMILES string of the molecule is C[C@H]1CN(c2cccc3cc(F)ccc23)CCN1CCC1OCCc2cc(C(N)=O)sc21. The molecule has 0 aliphatic carbocycles. The minimum Gasteiger partial charge on any atom is -0.372 e. The molecule has 0 spiro atoms. The summed E-state index contributed by atoms with van der Waals surface area (Å²) in [4.78, 5) is 18.3. The lowest BCUT2D eigenvalue weighted by atomic mass is 10.0. The molecule has 1 aromatic heterocycles. The predicted molar refractivity (Wildman–Crippen MR) is 127 cm³/mol. The Morgan fingerprint density at radius 1 is 1.25 bits per heavy atom. The van der Waals surface area contributed by atoms with Crippen LogP contribution in [0.5, 0.6) is 0 Å². The Morgan fingerprint density at radius 3 is 2.94 bits per heavy atom. The highest BCUT2D eigenvalue weighted by Crippen LogP contribution is 2.37. The number of rotatable bonds is 5. The largest absolute Gasteiger partial charge is 0.372 e. The minimum atomic E-state index is -0.357. The second kappa shape index (κ2) is 8.81. The fourth-order valence-corrected chi connectivity index (χ4v) is 6.12. The van der Waals surface area contributed by atoms with Gasteiger partial charge in [0.25, 0.3) is 5.91 Å². The highest BCUT2D eigenvalue weighted by Gasteiger charge is 2.29. The molecule has 2 N–H and O–H groups in total. The van der Waals surface area contributed by atoms with Crippen molar-refractivity contribution in [3.63, 3.8) is 0 Å². The third kappa shape index (κ3) is 4.12.